The normalized spacial score (nSPS) is 13.9. The molecule has 1 aliphatic rings. The average Bonchev–Trinajstić information content (AvgIpc) is 2.74. The van der Waals surface area contributed by atoms with Gasteiger partial charge in [-0.1, -0.05) is 23.7 Å². The highest BCUT2D eigenvalue weighted by molar-refractivity contribution is 6.30. The van der Waals surface area contributed by atoms with Crippen LogP contribution in [0.5, 0.6) is 0 Å². The zero-order valence-electron chi connectivity index (χ0n) is 17.4. The molecular weight excluding hydrogens is 404 g/mol. The number of carbonyl (C=O) groups excluding carboxylic acids is 3. The van der Waals surface area contributed by atoms with Gasteiger partial charge in [-0.25, -0.2) is 4.98 Å². The lowest BCUT2D eigenvalue weighted by atomic mass is 10.1. The van der Waals surface area contributed by atoms with Crippen molar-refractivity contribution in [3.63, 3.8) is 0 Å². The summed E-state index contributed by atoms with van der Waals surface area (Å²) in [7, 11) is 3.32. The van der Waals surface area contributed by atoms with Gasteiger partial charge in [0.25, 0.3) is 11.8 Å². The first-order chi connectivity index (χ1) is 14.3. The molecule has 0 unspecified atom stereocenters. The summed E-state index contributed by atoms with van der Waals surface area (Å²) in [6.07, 6.45) is 0.315. The van der Waals surface area contributed by atoms with E-state index in [1.165, 1.54) is 4.90 Å². The first-order valence-corrected chi connectivity index (χ1v) is 10.1. The van der Waals surface area contributed by atoms with Gasteiger partial charge in [0.05, 0.1) is 17.7 Å². The van der Waals surface area contributed by atoms with Crippen LogP contribution >= 0.6 is 11.6 Å². The van der Waals surface area contributed by atoms with Crippen LogP contribution in [0.3, 0.4) is 0 Å². The van der Waals surface area contributed by atoms with Gasteiger partial charge in [0.2, 0.25) is 5.91 Å². The van der Waals surface area contributed by atoms with Crippen molar-refractivity contribution >= 4 is 29.3 Å². The van der Waals surface area contributed by atoms with E-state index in [9.17, 15) is 14.4 Å². The Hall–Kier alpha value is -2.93. The van der Waals surface area contributed by atoms with Gasteiger partial charge in [0.15, 0.2) is 0 Å². The van der Waals surface area contributed by atoms with Gasteiger partial charge in [-0.2, -0.15) is 0 Å². The number of amides is 3. The average molecular weight is 429 g/mol. The molecule has 0 N–H and O–H groups in total. The van der Waals surface area contributed by atoms with Crippen LogP contribution in [0.15, 0.2) is 36.4 Å². The minimum atomic E-state index is -0.204. The van der Waals surface area contributed by atoms with Crippen LogP contribution in [0.4, 0.5) is 0 Å². The van der Waals surface area contributed by atoms with E-state index < -0.39 is 0 Å². The molecular formula is C22H25ClN4O3. The largest absolute Gasteiger partial charge is 0.343 e. The van der Waals surface area contributed by atoms with Gasteiger partial charge in [-0.15, -0.1) is 0 Å². The molecule has 2 aromatic rings. The molecule has 0 aliphatic carbocycles. The van der Waals surface area contributed by atoms with E-state index in [-0.39, 0.29) is 17.7 Å². The standard InChI is InChI=1S/C22H25ClN4O3/c1-15-18(8-9-19(24-15)22(30)25(2)3)21(29)27-12-10-26(11-13-27)20(28)14-16-4-6-17(23)7-5-16/h4-9H,10-14H2,1-3H3. The number of aryl methyl sites for hydroxylation is 1. The number of benzene rings is 1. The molecule has 1 aromatic heterocycles. The van der Waals surface area contributed by atoms with E-state index in [0.717, 1.165) is 5.56 Å². The van der Waals surface area contributed by atoms with Gasteiger partial charge < -0.3 is 14.7 Å². The Kier molecular flexibility index (Phi) is 6.72. The molecule has 158 valence electrons. The number of rotatable bonds is 4. The summed E-state index contributed by atoms with van der Waals surface area (Å²) in [6, 6.07) is 10.5. The number of pyridine rings is 1. The maximum absolute atomic E-state index is 12.9. The number of nitrogens with zero attached hydrogens (tertiary/aromatic N) is 4. The summed E-state index contributed by atoms with van der Waals surface area (Å²) in [4.78, 5) is 46.8. The van der Waals surface area contributed by atoms with Crippen molar-refractivity contribution in [1.82, 2.24) is 19.7 Å². The summed E-state index contributed by atoms with van der Waals surface area (Å²) in [5.74, 6) is -0.299. The van der Waals surface area contributed by atoms with Crippen LogP contribution in [0.25, 0.3) is 0 Å². The number of hydrogen-bond acceptors (Lipinski definition) is 4. The van der Waals surface area contributed by atoms with E-state index in [1.807, 2.05) is 12.1 Å². The molecule has 1 fully saturated rings. The van der Waals surface area contributed by atoms with E-state index in [1.54, 1.807) is 55.1 Å². The van der Waals surface area contributed by atoms with Crippen LogP contribution in [-0.2, 0) is 11.2 Å². The molecule has 30 heavy (non-hydrogen) atoms. The van der Waals surface area contributed by atoms with Crippen molar-refractivity contribution < 1.29 is 14.4 Å². The number of halogens is 1. The fraction of sp³-hybridized carbons (Fsp3) is 0.364. The summed E-state index contributed by atoms with van der Waals surface area (Å²) in [5, 5.41) is 0.641. The number of carbonyl (C=O) groups is 3. The highest BCUT2D eigenvalue weighted by atomic mass is 35.5. The Morgan fingerprint density at radius 1 is 0.967 bits per heavy atom. The topological polar surface area (TPSA) is 73.8 Å². The third kappa shape index (κ3) is 4.97. The van der Waals surface area contributed by atoms with E-state index >= 15 is 0 Å². The first kappa shape index (κ1) is 21.8. The fourth-order valence-electron chi connectivity index (χ4n) is 3.35. The highest BCUT2D eigenvalue weighted by Gasteiger charge is 2.26. The summed E-state index contributed by atoms with van der Waals surface area (Å²) < 4.78 is 0. The second-order valence-corrected chi connectivity index (χ2v) is 7.94. The molecule has 1 aliphatic heterocycles. The lowest BCUT2D eigenvalue weighted by Crippen LogP contribution is -2.51. The second-order valence-electron chi connectivity index (χ2n) is 7.51. The molecule has 3 amide bonds. The van der Waals surface area contributed by atoms with Crippen LogP contribution < -0.4 is 0 Å². The predicted molar refractivity (Wildman–Crippen MR) is 115 cm³/mol. The number of piperazine rings is 1. The van der Waals surface area contributed by atoms with E-state index in [4.69, 9.17) is 11.6 Å². The maximum Gasteiger partial charge on any atom is 0.271 e. The van der Waals surface area contributed by atoms with Crippen molar-refractivity contribution in [1.29, 1.82) is 0 Å². The fourth-order valence-corrected chi connectivity index (χ4v) is 3.48. The van der Waals surface area contributed by atoms with Crippen molar-refractivity contribution in [2.75, 3.05) is 40.3 Å². The third-order valence-electron chi connectivity index (χ3n) is 5.13. The van der Waals surface area contributed by atoms with E-state index in [0.29, 0.717) is 54.6 Å². The Labute approximate surface area is 181 Å². The van der Waals surface area contributed by atoms with E-state index in [2.05, 4.69) is 4.98 Å². The summed E-state index contributed by atoms with van der Waals surface area (Å²) in [6.45, 7) is 3.63. The molecule has 8 heteroatoms. The van der Waals surface area contributed by atoms with Gasteiger partial charge in [0, 0.05) is 45.3 Å². The molecule has 0 bridgehead atoms. The van der Waals surface area contributed by atoms with Crippen LogP contribution in [-0.4, -0.2) is 77.7 Å². The Balaban J connectivity index is 1.59. The monoisotopic (exact) mass is 428 g/mol. The zero-order valence-corrected chi connectivity index (χ0v) is 18.1. The SMILES string of the molecule is Cc1nc(C(=O)N(C)C)ccc1C(=O)N1CCN(C(=O)Cc2ccc(Cl)cc2)CC1. The minimum absolute atomic E-state index is 0.0359. The van der Waals surface area contributed by atoms with Gasteiger partial charge in [0.1, 0.15) is 5.69 Å². The van der Waals surface area contributed by atoms with Crippen LogP contribution in [0, 0.1) is 6.92 Å². The quantitative estimate of drug-likeness (QED) is 0.748. The van der Waals surface area contributed by atoms with Crippen molar-refractivity contribution in [2.24, 2.45) is 0 Å². The molecule has 0 atom stereocenters. The minimum Gasteiger partial charge on any atom is -0.343 e. The molecule has 3 rings (SSSR count). The Bertz CT molecular complexity index is 951. The lowest BCUT2D eigenvalue weighted by molar-refractivity contribution is -0.131. The van der Waals surface area contributed by atoms with Crippen LogP contribution in [0.1, 0.15) is 32.1 Å². The molecule has 1 saturated heterocycles. The molecule has 0 spiro atoms. The van der Waals surface area contributed by atoms with Crippen molar-refractivity contribution in [3.8, 4) is 0 Å². The third-order valence-corrected chi connectivity index (χ3v) is 5.38. The lowest BCUT2D eigenvalue weighted by Gasteiger charge is -2.35. The number of aromatic nitrogens is 1. The van der Waals surface area contributed by atoms with Gasteiger partial charge >= 0.3 is 0 Å². The molecule has 2 heterocycles. The number of hydrogen-bond donors (Lipinski definition) is 0. The van der Waals surface area contributed by atoms with Crippen LogP contribution in [0.2, 0.25) is 5.02 Å². The summed E-state index contributed by atoms with van der Waals surface area (Å²) >= 11 is 5.89. The van der Waals surface area contributed by atoms with Crippen molar-refractivity contribution in [2.45, 2.75) is 13.3 Å². The molecule has 0 radical (unpaired) electrons. The zero-order chi connectivity index (χ0) is 21.8. The first-order valence-electron chi connectivity index (χ1n) is 9.77. The van der Waals surface area contributed by atoms with Gasteiger partial charge in [-0.05, 0) is 36.8 Å². The predicted octanol–water partition coefficient (Wildman–Crippen LogP) is 2.27. The summed E-state index contributed by atoms with van der Waals surface area (Å²) in [5.41, 5.74) is 2.23. The smallest absolute Gasteiger partial charge is 0.271 e. The Morgan fingerprint density at radius 2 is 1.57 bits per heavy atom. The molecule has 7 nitrogen and oxygen atoms in total. The second kappa shape index (κ2) is 9.26. The molecule has 0 saturated carbocycles. The molecule has 1 aromatic carbocycles. The Morgan fingerprint density at radius 3 is 2.13 bits per heavy atom. The maximum atomic E-state index is 12.9. The van der Waals surface area contributed by atoms with Crippen molar-refractivity contribution in [3.05, 3.63) is 63.9 Å². The van der Waals surface area contributed by atoms with Gasteiger partial charge in [-0.3, -0.25) is 14.4 Å². The highest BCUT2D eigenvalue weighted by Crippen LogP contribution is 2.15.